The lowest BCUT2D eigenvalue weighted by Crippen LogP contribution is -2.30. The number of anilines is 2. The molecule has 3 N–H and O–H groups in total. The molecule has 0 aromatic heterocycles. The zero-order valence-corrected chi connectivity index (χ0v) is 27.2. The van der Waals surface area contributed by atoms with Gasteiger partial charge in [-0.3, -0.25) is 14.4 Å². The second-order valence-corrected chi connectivity index (χ2v) is 12.0. The molecule has 0 aliphatic carbocycles. The van der Waals surface area contributed by atoms with Crippen molar-refractivity contribution >= 4 is 70.1 Å². The second-order valence-electron chi connectivity index (χ2n) is 10.2. The maximum atomic E-state index is 13.5. The van der Waals surface area contributed by atoms with Gasteiger partial charge in [-0.05, 0) is 77.9 Å². The van der Waals surface area contributed by atoms with Crippen LogP contribution in [0.2, 0.25) is 10.0 Å². The highest BCUT2D eigenvalue weighted by Gasteiger charge is 2.16. The first-order valence-electron chi connectivity index (χ1n) is 14.5. The van der Waals surface area contributed by atoms with E-state index in [-0.39, 0.29) is 17.4 Å². The van der Waals surface area contributed by atoms with E-state index in [4.69, 9.17) is 27.9 Å². The standard InChI is InChI=1S/C37H29Cl2N3O4S/c38-32-19-16-29(22-33(32)39)40-35(43)24-47-31-13-7-12-28(21-31)41-37(45)34(42-36(44)27-10-5-2-6-11-27)20-25-14-17-30(18-15-25)46-23-26-8-3-1-4-9-26/h1-22H,23-24H2,(H,40,43)(H,41,45)(H,42,44)/b34-20+. The molecule has 3 amide bonds. The van der Waals surface area contributed by atoms with Crippen LogP contribution in [0, 0.1) is 0 Å². The Morgan fingerprint density at radius 3 is 2.13 bits per heavy atom. The topological polar surface area (TPSA) is 96.5 Å². The molecule has 0 radical (unpaired) electrons. The van der Waals surface area contributed by atoms with Gasteiger partial charge < -0.3 is 20.7 Å². The fraction of sp³-hybridized carbons (Fsp3) is 0.0541. The van der Waals surface area contributed by atoms with Crippen molar-refractivity contribution in [3.63, 3.8) is 0 Å². The first kappa shape index (κ1) is 33.3. The Morgan fingerprint density at radius 2 is 1.40 bits per heavy atom. The fourth-order valence-corrected chi connectivity index (χ4v) is 5.35. The van der Waals surface area contributed by atoms with Gasteiger partial charge in [0.2, 0.25) is 5.91 Å². The molecule has 0 aliphatic heterocycles. The number of carbonyl (C=O) groups excluding carboxylic acids is 3. The number of benzene rings is 5. The minimum absolute atomic E-state index is 0.0517. The van der Waals surface area contributed by atoms with Gasteiger partial charge in [0.1, 0.15) is 18.1 Å². The molecule has 5 aromatic rings. The molecule has 47 heavy (non-hydrogen) atoms. The highest BCUT2D eigenvalue weighted by atomic mass is 35.5. The van der Waals surface area contributed by atoms with E-state index in [9.17, 15) is 14.4 Å². The van der Waals surface area contributed by atoms with Gasteiger partial charge in [-0.15, -0.1) is 11.8 Å². The van der Waals surface area contributed by atoms with Gasteiger partial charge in [-0.2, -0.15) is 0 Å². The van der Waals surface area contributed by atoms with Crippen LogP contribution in [-0.2, 0) is 16.2 Å². The van der Waals surface area contributed by atoms with Crippen molar-refractivity contribution in [3.05, 3.63) is 160 Å². The first-order chi connectivity index (χ1) is 22.8. The molecule has 5 rings (SSSR count). The molecule has 0 heterocycles. The van der Waals surface area contributed by atoms with Crippen molar-refractivity contribution in [1.82, 2.24) is 5.32 Å². The van der Waals surface area contributed by atoms with Crippen molar-refractivity contribution in [2.75, 3.05) is 16.4 Å². The molecule has 0 aliphatic rings. The molecule has 0 saturated heterocycles. The number of rotatable bonds is 12. The van der Waals surface area contributed by atoms with Gasteiger partial charge in [0.25, 0.3) is 11.8 Å². The highest BCUT2D eigenvalue weighted by Crippen LogP contribution is 2.26. The van der Waals surface area contributed by atoms with E-state index in [0.717, 1.165) is 10.5 Å². The van der Waals surface area contributed by atoms with Gasteiger partial charge in [-0.25, -0.2) is 0 Å². The summed E-state index contributed by atoms with van der Waals surface area (Å²) in [6.45, 7) is 0.427. The first-order valence-corrected chi connectivity index (χ1v) is 16.2. The summed E-state index contributed by atoms with van der Waals surface area (Å²) in [5, 5.41) is 9.15. The highest BCUT2D eigenvalue weighted by molar-refractivity contribution is 8.00. The Labute approximate surface area is 287 Å². The summed E-state index contributed by atoms with van der Waals surface area (Å²) in [7, 11) is 0. The molecule has 5 aromatic carbocycles. The number of halogens is 2. The summed E-state index contributed by atoms with van der Waals surface area (Å²) in [6.07, 6.45) is 1.60. The summed E-state index contributed by atoms with van der Waals surface area (Å²) in [5.74, 6) is -0.371. The van der Waals surface area contributed by atoms with Gasteiger partial charge in [-0.1, -0.05) is 89.9 Å². The molecule has 0 fully saturated rings. The number of nitrogens with one attached hydrogen (secondary N) is 3. The van der Waals surface area contributed by atoms with Gasteiger partial charge in [0, 0.05) is 21.8 Å². The Kier molecular flexibility index (Phi) is 11.7. The molecule has 0 saturated carbocycles. The number of thioether (sulfide) groups is 1. The fourth-order valence-electron chi connectivity index (χ4n) is 4.29. The van der Waals surface area contributed by atoms with Crippen LogP contribution in [0.5, 0.6) is 5.75 Å². The molecular weight excluding hydrogens is 653 g/mol. The molecule has 0 unspecified atom stereocenters. The van der Waals surface area contributed by atoms with Crippen LogP contribution in [0.3, 0.4) is 0 Å². The lowest BCUT2D eigenvalue weighted by molar-refractivity contribution is -0.114. The van der Waals surface area contributed by atoms with Crippen molar-refractivity contribution in [1.29, 1.82) is 0 Å². The summed E-state index contributed by atoms with van der Waals surface area (Å²) in [4.78, 5) is 39.8. The average molecular weight is 683 g/mol. The van der Waals surface area contributed by atoms with E-state index in [1.54, 1.807) is 66.7 Å². The molecule has 0 atom stereocenters. The largest absolute Gasteiger partial charge is 0.489 e. The monoisotopic (exact) mass is 681 g/mol. The maximum Gasteiger partial charge on any atom is 0.272 e. The van der Waals surface area contributed by atoms with Crippen LogP contribution >= 0.6 is 35.0 Å². The maximum absolute atomic E-state index is 13.5. The number of hydrogen-bond acceptors (Lipinski definition) is 5. The summed E-state index contributed by atoms with van der Waals surface area (Å²) >= 11 is 13.3. The van der Waals surface area contributed by atoms with E-state index >= 15 is 0 Å². The van der Waals surface area contributed by atoms with E-state index < -0.39 is 11.8 Å². The third kappa shape index (κ3) is 10.2. The number of amides is 3. The minimum atomic E-state index is -0.516. The van der Waals surface area contributed by atoms with E-state index in [1.807, 2.05) is 66.7 Å². The Balaban J connectivity index is 1.26. The van der Waals surface area contributed by atoms with Crippen molar-refractivity contribution < 1.29 is 19.1 Å². The number of hydrogen-bond donors (Lipinski definition) is 3. The van der Waals surface area contributed by atoms with Crippen LogP contribution in [0.1, 0.15) is 21.5 Å². The van der Waals surface area contributed by atoms with Crippen LogP contribution < -0.4 is 20.7 Å². The Hall–Kier alpha value is -5.02. The molecule has 10 heteroatoms. The third-order valence-corrected chi connectivity index (χ3v) is 8.37. The van der Waals surface area contributed by atoms with Crippen LogP contribution in [-0.4, -0.2) is 23.5 Å². The zero-order valence-electron chi connectivity index (χ0n) is 24.9. The average Bonchev–Trinajstić information content (AvgIpc) is 3.09. The smallest absolute Gasteiger partial charge is 0.272 e. The van der Waals surface area contributed by atoms with E-state index in [2.05, 4.69) is 16.0 Å². The van der Waals surface area contributed by atoms with Crippen molar-refractivity contribution in [2.45, 2.75) is 11.5 Å². The van der Waals surface area contributed by atoms with Gasteiger partial charge >= 0.3 is 0 Å². The summed E-state index contributed by atoms with van der Waals surface area (Å²) in [5.41, 5.74) is 3.23. The number of ether oxygens (including phenoxy) is 1. The SMILES string of the molecule is O=C(CSc1cccc(NC(=O)/C(=C\c2ccc(OCc3ccccc3)cc2)NC(=O)c2ccccc2)c1)Nc1ccc(Cl)c(Cl)c1. The van der Waals surface area contributed by atoms with Crippen LogP contribution in [0.15, 0.2) is 138 Å². The van der Waals surface area contributed by atoms with Crippen LogP contribution in [0.4, 0.5) is 11.4 Å². The lowest BCUT2D eigenvalue weighted by Gasteiger charge is -2.13. The minimum Gasteiger partial charge on any atom is -0.489 e. The van der Waals surface area contributed by atoms with E-state index in [1.165, 1.54) is 11.8 Å². The van der Waals surface area contributed by atoms with Crippen LogP contribution in [0.25, 0.3) is 6.08 Å². The van der Waals surface area contributed by atoms with Gasteiger partial charge in [0.05, 0.1) is 15.8 Å². The zero-order chi connectivity index (χ0) is 33.0. The quantitative estimate of drug-likeness (QED) is 0.0904. The number of carbonyl (C=O) groups is 3. The molecule has 0 spiro atoms. The lowest BCUT2D eigenvalue weighted by atomic mass is 10.1. The van der Waals surface area contributed by atoms with Crippen molar-refractivity contribution in [3.8, 4) is 5.75 Å². The second kappa shape index (κ2) is 16.5. The predicted molar refractivity (Wildman–Crippen MR) is 190 cm³/mol. The predicted octanol–water partition coefficient (Wildman–Crippen LogP) is 8.71. The van der Waals surface area contributed by atoms with Gasteiger partial charge in [0.15, 0.2) is 0 Å². The molecule has 0 bridgehead atoms. The summed E-state index contributed by atoms with van der Waals surface area (Å²) in [6, 6.07) is 37.7. The molecule has 236 valence electrons. The third-order valence-electron chi connectivity index (χ3n) is 6.63. The van der Waals surface area contributed by atoms with E-state index in [0.29, 0.717) is 44.9 Å². The summed E-state index contributed by atoms with van der Waals surface area (Å²) < 4.78 is 5.88. The molecular formula is C37H29Cl2N3O4S. The normalized spacial score (nSPS) is 11.0. The molecule has 7 nitrogen and oxygen atoms in total. The Morgan fingerprint density at radius 1 is 0.702 bits per heavy atom. The Bertz CT molecular complexity index is 1890. The van der Waals surface area contributed by atoms with Crippen molar-refractivity contribution in [2.24, 2.45) is 0 Å².